The zero-order valence-corrected chi connectivity index (χ0v) is 9.78. The molecule has 1 aromatic heterocycles. The van der Waals surface area contributed by atoms with Crippen LogP contribution >= 0.6 is 23.2 Å². The Bertz CT molecular complexity index is 485. The molecule has 1 atom stereocenters. The van der Waals surface area contributed by atoms with Gasteiger partial charge in [-0.3, -0.25) is 4.98 Å². The van der Waals surface area contributed by atoms with Crippen LogP contribution in [0.1, 0.15) is 17.4 Å². The molecule has 16 heavy (non-hydrogen) atoms. The smallest absolute Gasteiger partial charge is 0.121 e. The van der Waals surface area contributed by atoms with Gasteiger partial charge in [-0.25, -0.2) is 0 Å². The van der Waals surface area contributed by atoms with Crippen LogP contribution in [0.3, 0.4) is 0 Å². The highest BCUT2D eigenvalue weighted by atomic mass is 35.5. The Morgan fingerprint density at radius 1 is 1.06 bits per heavy atom. The highest BCUT2D eigenvalue weighted by molar-refractivity contribution is 6.30. The van der Waals surface area contributed by atoms with Crippen LogP contribution < -0.4 is 0 Å². The first-order chi connectivity index (χ1) is 7.66. The molecule has 0 aliphatic heterocycles. The van der Waals surface area contributed by atoms with Crippen LogP contribution in [-0.2, 0) is 0 Å². The van der Waals surface area contributed by atoms with E-state index in [9.17, 15) is 5.11 Å². The van der Waals surface area contributed by atoms with Crippen LogP contribution in [0, 0.1) is 0 Å². The maximum Gasteiger partial charge on any atom is 0.121 e. The molecule has 4 heteroatoms. The number of hydrogen-bond acceptors (Lipinski definition) is 2. The van der Waals surface area contributed by atoms with Gasteiger partial charge in [-0.1, -0.05) is 35.3 Å². The van der Waals surface area contributed by atoms with Gasteiger partial charge >= 0.3 is 0 Å². The summed E-state index contributed by atoms with van der Waals surface area (Å²) in [6.45, 7) is 0. The molecule has 1 heterocycles. The van der Waals surface area contributed by atoms with Crippen LogP contribution in [0.4, 0.5) is 0 Å². The van der Waals surface area contributed by atoms with E-state index in [-0.39, 0.29) is 0 Å². The summed E-state index contributed by atoms with van der Waals surface area (Å²) in [6.07, 6.45) is 0.723. The molecular formula is C12H9Cl2NO. The van der Waals surface area contributed by atoms with Crippen LogP contribution in [0.15, 0.2) is 42.6 Å². The van der Waals surface area contributed by atoms with E-state index < -0.39 is 6.10 Å². The second-order valence-corrected chi connectivity index (χ2v) is 4.23. The van der Waals surface area contributed by atoms with E-state index in [0.717, 1.165) is 0 Å². The third-order valence-corrected chi connectivity index (χ3v) is 2.65. The maximum atomic E-state index is 10.0. The fraction of sp³-hybridized carbons (Fsp3) is 0.0833. The molecule has 2 nitrogen and oxygen atoms in total. The van der Waals surface area contributed by atoms with E-state index >= 15 is 0 Å². The molecule has 0 saturated carbocycles. The Balaban J connectivity index is 2.31. The lowest BCUT2D eigenvalue weighted by Crippen LogP contribution is -2.01. The molecule has 0 bridgehead atoms. The van der Waals surface area contributed by atoms with Gasteiger partial charge in [0, 0.05) is 11.2 Å². The van der Waals surface area contributed by atoms with Crippen LogP contribution in [0.2, 0.25) is 10.0 Å². The molecule has 0 aliphatic carbocycles. The third-order valence-electron chi connectivity index (χ3n) is 2.19. The normalized spacial score (nSPS) is 12.4. The Hall–Kier alpha value is -1.09. The number of aliphatic hydroxyl groups is 1. The van der Waals surface area contributed by atoms with Gasteiger partial charge in [0.25, 0.3) is 0 Å². The first-order valence-electron chi connectivity index (χ1n) is 4.72. The molecule has 0 radical (unpaired) electrons. The number of aliphatic hydroxyl groups excluding tert-OH is 1. The predicted octanol–water partition coefficient (Wildman–Crippen LogP) is 3.47. The summed E-state index contributed by atoms with van der Waals surface area (Å²) in [7, 11) is 0. The van der Waals surface area contributed by atoms with Gasteiger partial charge in [-0.05, 0) is 29.8 Å². The average Bonchev–Trinajstić information content (AvgIpc) is 2.29. The summed E-state index contributed by atoms with van der Waals surface area (Å²) in [5.41, 5.74) is 1.26. The first-order valence-corrected chi connectivity index (χ1v) is 5.47. The fourth-order valence-electron chi connectivity index (χ4n) is 1.40. The van der Waals surface area contributed by atoms with Crippen molar-refractivity contribution in [3.05, 3.63) is 63.9 Å². The second kappa shape index (κ2) is 4.83. The molecule has 1 unspecified atom stereocenters. The van der Waals surface area contributed by atoms with Crippen molar-refractivity contribution in [3.63, 3.8) is 0 Å². The molecule has 0 aliphatic rings. The van der Waals surface area contributed by atoms with Crippen molar-refractivity contribution in [1.29, 1.82) is 0 Å². The predicted molar refractivity (Wildman–Crippen MR) is 64.8 cm³/mol. The minimum Gasteiger partial charge on any atom is -0.382 e. The monoisotopic (exact) mass is 253 g/mol. The van der Waals surface area contributed by atoms with Crippen LogP contribution in [-0.4, -0.2) is 10.1 Å². The molecule has 0 spiro atoms. The third kappa shape index (κ3) is 2.53. The molecule has 2 aromatic rings. The van der Waals surface area contributed by atoms with E-state index in [1.807, 2.05) is 0 Å². The van der Waals surface area contributed by atoms with Gasteiger partial charge in [0.05, 0.1) is 10.7 Å². The number of rotatable bonds is 2. The highest BCUT2D eigenvalue weighted by Gasteiger charge is 2.11. The molecule has 82 valence electrons. The van der Waals surface area contributed by atoms with Gasteiger partial charge in [0.1, 0.15) is 6.10 Å². The molecule has 0 amide bonds. The largest absolute Gasteiger partial charge is 0.382 e. The fourth-order valence-corrected chi connectivity index (χ4v) is 1.71. The average molecular weight is 254 g/mol. The summed E-state index contributed by atoms with van der Waals surface area (Å²) in [5, 5.41) is 11.2. The number of hydrogen-bond donors (Lipinski definition) is 1. The van der Waals surface area contributed by atoms with Gasteiger partial charge < -0.3 is 5.11 Å². The van der Waals surface area contributed by atoms with Gasteiger partial charge in [0.15, 0.2) is 0 Å². The number of halogens is 2. The summed E-state index contributed by atoms with van der Waals surface area (Å²) < 4.78 is 0. The lowest BCUT2D eigenvalue weighted by atomic mass is 10.1. The lowest BCUT2D eigenvalue weighted by molar-refractivity contribution is 0.215. The van der Waals surface area contributed by atoms with E-state index in [0.29, 0.717) is 21.3 Å². The Morgan fingerprint density at radius 3 is 2.50 bits per heavy atom. The van der Waals surface area contributed by atoms with Crippen molar-refractivity contribution in [1.82, 2.24) is 4.98 Å². The molecule has 2 rings (SSSR count). The van der Waals surface area contributed by atoms with E-state index in [1.54, 1.807) is 36.4 Å². The van der Waals surface area contributed by atoms with Crippen molar-refractivity contribution >= 4 is 23.2 Å². The Morgan fingerprint density at radius 2 is 1.88 bits per heavy atom. The van der Waals surface area contributed by atoms with Crippen LogP contribution in [0.5, 0.6) is 0 Å². The van der Waals surface area contributed by atoms with Crippen molar-refractivity contribution in [2.75, 3.05) is 0 Å². The minimum absolute atomic E-state index is 0.544. The Labute approximate surface area is 103 Å². The minimum atomic E-state index is -0.782. The maximum absolute atomic E-state index is 10.0. The summed E-state index contributed by atoms with van der Waals surface area (Å²) in [6, 6.07) is 10.4. The second-order valence-electron chi connectivity index (χ2n) is 3.36. The molecule has 0 saturated heterocycles. The van der Waals surface area contributed by atoms with Crippen molar-refractivity contribution in [2.24, 2.45) is 0 Å². The molecule has 1 aromatic carbocycles. The molecule has 1 N–H and O–H groups in total. The zero-order valence-electron chi connectivity index (χ0n) is 8.27. The van der Waals surface area contributed by atoms with Gasteiger partial charge in [0.2, 0.25) is 0 Å². The Kier molecular flexibility index (Phi) is 3.44. The number of aromatic nitrogens is 1. The first kappa shape index (κ1) is 11.4. The summed E-state index contributed by atoms with van der Waals surface area (Å²) in [4.78, 5) is 4.06. The standard InChI is InChI=1S/C12H9Cl2NO/c13-9-3-1-2-8(6-9)12(16)11-5-4-10(14)7-15-11/h1-7,12,16H. The van der Waals surface area contributed by atoms with Crippen molar-refractivity contribution < 1.29 is 5.11 Å². The zero-order chi connectivity index (χ0) is 11.5. The molecular weight excluding hydrogens is 245 g/mol. The van der Waals surface area contributed by atoms with E-state index in [1.165, 1.54) is 6.20 Å². The van der Waals surface area contributed by atoms with E-state index in [2.05, 4.69) is 4.98 Å². The summed E-state index contributed by atoms with van der Waals surface area (Å²) >= 11 is 11.6. The van der Waals surface area contributed by atoms with Crippen molar-refractivity contribution in [3.8, 4) is 0 Å². The van der Waals surface area contributed by atoms with E-state index in [4.69, 9.17) is 23.2 Å². The lowest BCUT2D eigenvalue weighted by Gasteiger charge is -2.10. The quantitative estimate of drug-likeness (QED) is 0.890. The topological polar surface area (TPSA) is 33.1 Å². The number of pyridine rings is 1. The number of benzene rings is 1. The van der Waals surface area contributed by atoms with Crippen LogP contribution in [0.25, 0.3) is 0 Å². The van der Waals surface area contributed by atoms with Gasteiger partial charge in [-0.15, -0.1) is 0 Å². The summed E-state index contributed by atoms with van der Waals surface area (Å²) in [5.74, 6) is 0. The highest BCUT2D eigenvalue weighted by Crippen LogP contribution is 2.23. The number of nitrogens with zero attached hydrogens (tertiary/aromatic N) is 1. The molecule has 0 fully saturated rings. The van der Waals surface area contributed by atoms with Gasteiger partial charge in [-0.2, -0.15) is 0 Å². The SMILES string of the molecule is OC(c1cccc(Cl)c1)c1ccc(Cl)cn1. The van der Waals surface area contributed by atoms with Crippen molar-refractivity contribution in [2.45, 2.75) is 6.10 Å².